The summed E-state index contributed by atoms with van der Waals surface area (Å²) in [7, 11) is 0. The maximum absolute atomic E-state index is 13.4. The smallest absolute Gasteiger partial charge is 0.166 e. The molecule has 1 aliphatic rings. The molecule has 2 rings (SSSR count). The van der Waals surface area contributed by atoms with Gasteiger partial charge in [0, 0.05) is 15.6 Å². The van der Waals surface area contributed by atoms with Gasteiger partial charge in [0.2, 0.25) is 0 Å². The Bertz CT molecular complexity index is 388. The van der Waals surface area contributed by atoms with E-state index in [-0.39, 0.29) is 11.3 Å². The summed E-state index contributed by atoms with van der Waals surface area (Å²) in [6.07, 6.45) is 1.96. The van der Waals surface area contributed by atoms with Gasteiger partial charge in [-0.2, -0.15) is 0 Å². The summed E-state index contributed by atoms with van der Waals surface area (Å²) >= 11 is 3.24. The van der Waals surface area contributed by atoms with Crippen molar-refractivity contribution in [3.05, 3.63) is 28.0 Å². The number of benzene rings is 1. The van der Waals surface area contributed by atoms with E-state index in [2.05, 4.69) is 21.2 Å². The summed E-state index contributed by atoms with van der Waals surface area (Å²) < 4.78 is 14.0. The van der Waals surface area contributed by atoms with E-state index < -0.39 is 5.82 Å². The topological polar surface area (TPSA) is 32.3 Å². The van der Waals surface area contributed by atoms with Crippen LogP contribution in [0.1, 0.15) is 25.3 Å². The molecule has 1 aromatic rings. The molecule has 82 valence electrons. The number of phenols is 1. The maximum atomic E-state index is 13.4. The monoisotopic (exact) mass is 273 g/mol. The lowest BCUT2D eigenvalue weighted by atomic mass is 9.90. The highest BCUT2D eigenvalue weighted by Crippen LogP contribution is 2.38. The summed E-state index contributed by atoms with van der Waals surface area (Å²) in [5.41, 5.74) is 0.321. The minimum atomic E-state index is -0.575. The first kappa shape index (κ1) is 10.9. The normalized spacial score (nSPS) is 25.8. The van der Waals surface area contributed by atoms with E-state index >= 15 is 0 Å². The van der Waals surface area contributed by atoms with Crippen LogP contribution in [0, 0.1) is 5.82 Å². The first-order valence-electron chi connectivity index (χ1n) is 4.96. The molecule has 1 saturated heterocycles. The molecule has 0 spiro atoms. The number of rotatable bonds is 1. The molecule has 2 N–H and O–H groups in total. The second-order valence-electron chi connectivity index (χ2n) is 4.15. The number of halogens is 2. The van der Waals surface area contributed by atoms with Gasteiger partial charge in [-0.05, 0) is 38.4 Å². The van der Waals surface area contributed by atoms with E-state index in [0.717, 1.165) is 19.4 Å². The van der Waals surface area contributed by atoms with Crippen LogP contribution in [0.15, 0.2) is 16.6 Å². The van der Waals surface area contributed by atoms with E-state index in [1.54, 1.807) is 6.07 Å². The van der Waals surface area contributed by atoms with Crippen molar-refractivity contribution >= 4 is 15.9 Å². The van der Waals surface area contributed by atoms with Crippen LogP contribution in [-0.2, 0) is 5.54 Å². The van der Waals surface area contributed by atoms with Crippen LogP contribution in [0.3, 0.4) is 0 Å². The number of hydrogen-bond acceptors (Lipinski definition) is 2. The van der Waals surface area contributed by atoms with Crippen molar-refractivity contribution in [2.75, 3.05) is 6.54 Å². The van der Waals surface area contributed by atoms with E-state index in [4.69, 9.17) is 0 Å². The molecule has 0 saturated carbocycles. The van der Waals surface area contributed by atoms with Crippen LogP contribution in [0.2, 0.25) is 0 Å². The van der Waals surface area contributed by atoms with Crippen LogP contribution in [0.5, 0.6) is 5.75 Å². The molecular weight excluding hydrogens is 261 g/mol. The lowest BCUT2D eigenvalue weighted by Crippen LogP contribution is -2.33. The van der Waals surface area contributed by atoms with Gasteiger partial charge >= 0.3 is 0 Å². The largest absolute Gasteiger partial charge is 0.505 e. The Labute approximate surface area is 96.6 Å². The van der Waals surface area contributed by atoms with E-state index in [0.29, 0.717) is 10.0 Å². The van der Waals surface area contributed by atoms with Crippen LogP contribution in [0.4, 0.5) is 4.39 Å². The Morgan fingerprint density at radius 1 is 1.53 bits per heavy atom. The summed E-state index contributed by atoms with van der Waals surface area (Å²) in [6.45, 7) is 2.89. The average Bonchev–Trinajstić information content (AvgIpc) is 2.59. The van der Waals surface area contributed by atoms with Crippen LogP contribution < -0.4 is 5.32 Å². The van der Waals surface area contributed by atoms with Gasteiger partial charge in [0.25, 0.3) is 0 Å². The van der Waals surface area contributed by atoms with Gasteiger partial charge < -0.3 is 10.4 Å². The van der Waals surface area contributed by atoms with E-state index in [1.165, 1.54) is 6.07 Å². The van der Waals surface area contributed by atoms with Gasteiger partial charge in [0.05, 0.1) is 0 Å². The number of aromatic hydroxyl groups is 1. The second kappa shape index (κ2) is 3.76. The van der Waals surface area contributed by atoms with Gasteiger partial charge in [0.1, 0.15) is 0 Å². The Morgan fingerprint density at radius 3 is 2.87 bits per heavy atom. The van der Waals surface area contributed by atoms with Crippen molar-refractivity contribution in [3.63, 3.8) is 0 Å². The van der Waals surface area contributed by atoms with Gasteiger partial charge in [-0.15, -0.1) is 0 Å². The molecule has 0 aromatic heterocycles. The quantitative estimate of drug-likeness (QED) is 0.825. The minimum absolute atomic E-state index is 0.241. The fraction of sp³-hybridized carbons (Fsp3) is 0.455. The number of hydrogen-bond donors (Lipinski definition) is 2. The molecule has 2 nitrogen and oxygen atoms in total. The molecule has 0 amide bonds. The maximum Gasteiger partial charge on any atom is 0.166 e. The summed E-state index contributed by atoms with van der Waals surface area (Å²) in [4.78, 5) is 0. The summed E-state index contributed by atoms with van der Waals surface area (Å²) in [6, 6.07) is 3.05. The standard InChI is InChI=1S/C11H13BrFNO/c1-11(3-2-4-14-11)8-5-7(12)6-9(13)10(8)15/h5-6,14-15H,2-4H2,1H3. The molecular formula is C11H13BrFNO. The lowest BCUT2D eigenvalue weighted by Gasteiger charge is -2.26. The Morgan fingerprint density at radius 2 is 2.27 bits per heavy atom. The van der Waals surface area contributed by atoms with Crippen LogP contribution in [0.25, 0.3) is 0 Å². The second-order valence-corrected chi connectivity index (χ2v) is 5.06. The fourth-order valence-electron chi connectivity index (χ4n) is 2.11. The molecule has 1 atom stereocenters. The van der Waals surface area contributed by atoms with Gasteiger partial charge in [-0.25, -0.2) is 4.39 Å². The number of nitrogens with one attached hydrogen (secondary N) is 1. The van der Waals surface area contributed by atoms with Crippen LogP contribution in [-0.4, -0.2) is 11.7 Å². The van der Waals surface area contributed by atoms with Crippen molar-refractivity contribution in [1.82, 2.24) is 5.32 Å². The Kier molecular flexibility index (Phi) is 2.73. The molecule has 1 unspecified atom stereocenters. The predicted octanol–water partition coefficient (Wildman–Crippen LogP) is 2.89. The first-order valence-corrected chi connectivity index (χ1v) is 5.76. The fourth-order valence-corrected chi connectivity index (χ4v) is 2.54. The van der Waals surface area contributed by atoms with Crippen molar-refractivity contribution < 1.29 is 9.50 Å². The summed E-state index contributed by atoms with van der Waals surface area (Å²) in [5, 5.41) is 13.0. The average molecular weight is 274 g/mol. The molecule has 1 fully saturated rings. The van der Waals surface area contributed by atoms with Crippen molar-refractivity contribution in [2.45, 2.75) is 25.3 Å². The number of phenolic OH excluding ortho intramolecular Hbond substituents is 1. The Hall–Kier alpha value is -0.610. The SMILES string of the molecule is CC1(c2cc(Br)cc(F)c2O)CCCN1. The first-order chi connectivity index (χ1) is 7.03. The zero-order chi connectivity index (χ0) is 11.1. The van der Waals surface area contributed by atoms with Crippen molar-refractivity contribution in [3.8, 4) is 5.75 Å². The van der Waals surface area contributed by atoms with Gasteiger partial charge in [0.15, 0.2) is 11.6 Å². The molecule has 1 aliphatic heterocycles. The zero-order valence-corrected chi connectivity index (χ0v) is 10.1. The molecule has 0 radical (unpaired) electrons. The highest BCUT2D eigenvalue weighted by Gasteiger charge is 2.33. The van der Waals surface area contributed by atoms with Crippen LogP contribution >= 0.6 is 15.9 Å². The molecule has 0 bridgehead atoms. The Balaban J connectivity index is 2.51. The van der Waals surface area contributed by atoms with Gasteiger partial charge in [-0.3, -0.25) is 0 Å². The van der Waals surface area contributed by atoms with E-state index in [1.807, 2.05) is 6.92 Å². The molecule has 4 heteroatoms. The van der Waals surface area contributed by atoms with Crippen molar-refractivity contribution in [2.24, 2.45) is 0 Å². The highest BCUT2D eigenvalue weighted by atomic mass is 79.9. The molecule has 0 aliphatic carbocycles. The summed E-state index contributed by atoms with van der Waals surface area (Å²) in [5.74, 6) is -0.815. The third kappa shape index (κ3) is 1.88. The van der Waals surface area contributed by atoms with Gasteiger partial charge in [-0.1, -0.05) is 15.9 Å². The highest BCUT2D eigenvalue weighted by molar-refractivity contribution is 9.10. The molecule has 1 aromatic carbocycles. The molecule has 15 heavy (non-hydrogen) atoms. The zero-order valence-electron chi connectivity index (χ0n) is 8.48. The minimum Gasteiger partial charge on any atom is -0.505 e. The lowest BCUT2D eigenvalue weighted by molar-refractivity contribution is 0.375. The van der Waals surface area contributed by atoms with E-state index in [9.17, 15) is 9.50 Å². The van der Waals surface area contributed by atoms with Crippen molar-refractivity contribution in [1.29, 1.82) is 0 Å². The molecule has 1 heterocycles. The third-order valence-electron chi connectivity index (χ3n) is 2.99. The third-order valence-corrected chi connectivity index (χ3v) is 3.45. The predicted molar refractivity (Wildman–Crippen MR) is 60.4 cm³/mol.